The molecule has 0 N–H and O–H groups in total. The summed E-state index contributed by atoms with van der Waals surface area (Å²) in [5.74, 6) is 1.95. The Morgan fingerprint density at radius 1 is 0.488 bits per heavy atom. The minimum Gasteiger partial charge on any atom is -0.456 e. The molecule has 0 amide bonds. The number of allylic oxidation sites excluding steroid dienone is 1. The van der Waals surface area contributed by atoms with Crippen molar-refractivity contribution < 1.29 is 4.42 Å². The van der Waals surface area contributed by atoms with Gasteiger partial charge in [-0.1, -0.05) is 115 Å². The molecule has 4 heteroatoms. The first-order valence-corrected chi connectivity index (χ1v) is 13.9. The number of benzene rings is 5. The van der Waals surface area contributed by atoms with Crippen LogP contribution in [-0.2, 0) is 6.42 Å². The number of hydrogen-bond donors (Lipinski definition) is 0. The van der Waals surface area contributed by atoms with Crippen molar-refractivity contribution >= 4 is 28.0 Å². The Bertz CT molecular complexity index is 2090. The molecule has 0 fully saturated rings. The minimum absolute atomic E-state index is 0.627. The van der Waals surface area contributed by atoms with Gasteiger partial charge in [-0.2, -0.15) is 0 Å². The highest BCUT2D eigenvalue weighted by Gasteiger charge is 2.21. The quantitative estimate of drug-likeness (QED) is 0.229. The highest BCUT2D eigenvalue weighted by atomic mass is 16.3. The van der Waals surface area contributed by atoms with Crippen molar-refractivity contribution in [1.82, 2.24) is 15.0 Å². The molecule has 5 aromatic carbocycles. The summed E-state index contributed by atoms with van der Waals surface area (Å²) in [5.41, 5.74) is 9.31. The molecule has 41 heavy (non-hydrogen) atoms. The molecule has 7 aromatic rings. The number of furan rings is 1. The molecule has 8 rings (SSSR count). The van der Waals surface area contributed by atoms with Crippen LogP contribution < -0.4 is 0 Å². The fourth-order valence-corrected chi connectivity index (χ4v) is 5.91. The van der Waals surface area contributed by atoms with Gasteiger partial charge in [0.25, 0.3) is 0 Å². The van der Waals surface area contributed by atoms with Gasteiger partial charge in [0.05, 0.1) is 0 Å². The van der Waals surface area contributed by atoms with Gasteiger partial charge in [0.2, 0.25) is 0 Å². The lowest BCUT2D eigenvalue weighted by Gasteiger charge is -2.15. The number of aryl methyl sites for hydroxylation is 1. The van der Waals surface area contributed by atoms with Crippen LogP contribution >= 0.6 is 0 Å². The van der Waals surface area contributed by atoms with Gasteiger partial charge in [-0.15, -0.1) is 0 Å². The lowest BCUT2D eigenvalue weighted by Crippen LogP contribution is -2.03. The Morgan fingerprint density at radius 2 is 1.07 bits per heavy atom. The van der Waals surface area contributed by atoms with Gasteiger partial charge in [-0.25, -0.2) is 15.0 Å². The van der Waals surface area contributed by atoms with Crippen LogP contribution in [0.3, 0.4) is 0 Å². The maximum absolute atomic E-state index is 6.40. The maximum atomic E-state index is 6.40. The van der Waals surface area contributed by atoms with E-state index in [4.69, 9.17) is 19.4 Å². The summed E-state index contributed by atoms with van der Waals surface area (Å²) >= 11 is 0. The molecule has 4 nitrogen and oxygen atoms in total. The average Bonchev–Trinajstić information content (AvgIpc) is 3.44. The van der Waals surface area contributed by atoms with Crippen LogP contribution in [0.5, 0.6) is 0 Å². The van der Waals surface area contributed by atoms with Crippen LogP contribution in [0.25, 0.3) is 73.3 Å². The molecule has 0 saturated carbocycles. The van der Waals surface area contributed by atoms with Crippen molar-refractivity contribution in [3.63, 3.8) is 0 Å². The molecule has 2 aromatic heterocycles. The van der Waals surface area contributed by atoms with Crippen molar-refractivity contribution in [2.45, 2.75) is 12.8 Å². The Morgan fingerprint density at radius 3 is 1.83 bits per heavy atom. The van der Waals surface area contributed by atoms with Crippen LogP contribution in [0.4, 0.5) is 0 Å². The first kappa shape index (κ1) is 23.5. The zero-order valence-electron chi connectivity index (χ0n) is 22.3. The summed E-state index contributed by atoms with van der Waals surface area (Å²) in [5, 5.41) is 2.07. The molecule has 0 bridgehead atoms. The predicted octanol–water partition coefficient (Wildman–Crippen LogP) is 9.40. The number of hydrogen-bond acceptors (Lipinski definition) is 4. The fourth-order valence-electron chi connectivity index (χ4n) is 5.91. The van der Waals surface area contributed by atoms with Crippen LogP contribution in [0, 0.1) is 0 Å². The van der Waals surface area contributed by atoms with E-state index in [0.717, 1.165) is 62.6 Å². The standard InChI is InChI=1S/C37H25N3O/c1-3-12-25(13-4-1)28-19-10-22-31-33(28)34-30(21-11-23-32(34)41-31)37-39-35(26-15-5-2-6-16-26)38-36(40-37)29-20-9-17-24-14-7-8-18-27(24)29/h1-6,8-13,15-23H,7,14H2. The first-order chi connectivity index (χ1) is 20.3. The molecule has 0 aliphatic heterocycles. The van der Waals surface area contributed by atoms with Gasteiger partial charge in [0, 0.05) is 27.5 Å². The Kier molecular flexibility index (Phi) is 5.56. The number of aromatic nitrogens is 3. The molecule has 0 spiro atoms. The van der Waals surface area contributed by atoms with E-state index in [9.17, 15) is 0 Å². The van der Waals surface area contributed by atoms with E-state index >= 15 is 0 Å². The smallest absolute Gasteiger partial charge is 0.164 e. The zero-order chi connectivity index (χ0) is 27.2. The number of rotatable bonds is 4. The van der Waals surface area contributed by atoms with Crippen molar-refractivity contribution in [1.29, 1.82) is 0 Å². The average molecular weight is 528 g/mol. The van der Waals surface area contributed by atoms with E-state index in [1.807, 2.05) is 60.7 Å². The second kappa shape index (κ2) is 9.68. The van der Waals surface area contributed by atoms with Crippen LogP contribution in [0.15, 0.2) is 126 Å². The van der Waals surface area contributed by atoms with Gasteiger partial charge in [0.1, 0.15) is 11.2 Å². The maximum Gasteiger partial charge on any atom is 0.164 e. The fraction of sp³-hybridized carbons (Fsp3) is 0.0541. The molecule has 2 heterocycles. The Labute approximate surface area is 237 Å². The summed E-state index contributed by atoms with van der Waals surface area (Å²) in [7, 11) is 0. The summed E-state index contributed by atoms with van der Waals surface area (Å²) < 4.78 is 6.40. The Hall–Kier alpha value is -5.35. The van der Waals surface area contributed by atoms with Crippen LogP contribution in [0.1, 0.15) is 17.5 Å². The van der Waals surface area contributed by atoms with Gasteiger partial charge in [-0.05, 0) is 47.2 Å². The molecule has 0 saturated heterocycles. The number of fused-ring (bicyclic) bond motifs is 4. The molecule has 194 valence electrons. The SMILES string of the molecule is C1=Cc2c(cccc2-c2nc(-c3ccccc3)nc(-c3cccc4oc5cccc(-c6ccccc6)c5c34)n2)CC1. The number of nitrogens with zero attached hydrogens (tertiary/aromatic N) is 3. The lowest BCUT2D eigenvalue weighted by molar-refractivity contribution is 0.669. The van der Waals surface area contributed by atoms with Gasteiger partial charge in [-0.3, -0.25) is 0 Å². The molecule has 0 atom stereocenters. The largest absolute Gasteiger partial charge is 0.456 e. The zero-order valence-corrected chi connectivity index (χ0v) is 22.3. The summed E-state index contributed by atoms with van der Waals surface area (Å²) in [6.45, 7) is 0. The van der Waals surface area contributed by atoms with Crippen LogP contribution in [-0.4, -0.2) is 15.0 Å². The van der Waals surface area contributed by atoms with Crippen molar-refractivity contribution in [3.05, 3.63) is 132 Å². The molecule has 0 radical (unpaired) electrons. The third kappa shape index (κ3) is 4.04. The van der Waals surface area contributed by atoms with Gasteiger partial charge >= 0.3 is 0 Å². The molecular weight excluding hydrogens is 502 g/mol. The minimum atomic E-state index is 0.627. The second-order valence-electron chi connectivity index (χ2n) is 10.3. The monoisotopic (exact) mass is 527 g/mol. The molecule has 1 aliphatic rings. The van der Waals surface area contributed by atoms with Crippen molar-refractivity contribution in [2.24, 2.45) is 0 Å². The van der Waals surface area contributed by atoms with E-state index < -0.39 is 0 Å². The van der Waals surface area contributed by atoms with Crippen LogP contribution in [0.2, 0.25) is 0 Å². The first-order valence-electron chi connectivity index (χ1n) is 13.9. The second-order valence-corrected chi connectivity index (χ2v) is 10.3. The predicted molar refractivity (Wildman–Crippen MR) is 166 cm³/mol. The Balaban J connectivity index is 1.43. The topological polar surface area (TPSA) is 51.8 Å². The summed E-state index contributed by atoms with van der Waals surface area (Å²) in [6, 6.07) is 39.4. The van der Waals surface area contributed by atoms with Gasteiger partial charge < -0.3 is 4.42 Å². The molecule has 0 unspecified atom stereocenters. The van der Waals surface area contributed by atoms with E-state index in [1.54, 1.807) is 0 Å². The highest BCUT2D eigenvalue weighted by Crippen LogP contribution is 2.41. The summed E-state index contributed by atoms with van der Waals surface area (Å²) in [4.78, 5) is 15.2. The normalized spacial score (nSPS) is 12.6. The third-order valence-corrected chi connectivity index (χ3v) is 7.82. The van der Waals surface area contributed by atoms with Crippen molar-refractivity contribution in [2.75, 3.05) is 0 Å². The summed E-state index contributed by atoms with van der Waals surface area (Å²) in [6.07, 6.45) is 6.50. The lowest BCUT2D eigenvalue weighted by atomic mass is 9.93. The van der Waals surface area contributed by atoms with E-state index in [0.29, 0.717) is 17.5 Å². The highest BCUT2D eigenvalue weighted by molar-refractivity contribution is 6.17. The molecular formula is C37H25N3O. The third-order valence-electron chi connectivity index (χ3n) is 7.82. The van der Waals surface area contributed by atoms with Gasteiger partial charge in [0.15, 0.2) is 17.5 Å². The molecule has 1 aliphatic carbocycles. The van der Waals surface area contributed by atoms with Crippen molar-refractivity contribution in [3.8, 4) is 45.3 Å². The van der Waals surface area contributed by atoms with E-state index in [1.165, 1.54) is 11.1 Å². The van der Waals surface area contributed by atoms with E-state index in [2.05, 4.69) is 66.7 Å². The van der Waals surface area contributed by atoms with E-state index in [-0.39, 0.29) is 0 Å².